The fourth-order valence-corrected chi connectivity index (χ4v) is 7.30. The van der Waals surface area contributed by atoms with Gasteiger partial charge in [-0.15, -0.1) is 0 Å². The van der Waals surface area contributed by atoms with Gasteiger partial charge in [-0.3, -0.25) is 0 Å². The van der Waals surface area contributed by atoms with E-state index >= 15 is 4.39 Å². The topological polar surface area (TPSA) is 54.6 Å². The number of aromatic nitrogens is 1. The Kier molecular flexibility index (Phi) is 9.05. The molecule has 5 heteroatoms. The number of aliphatic hydroxyl groups is 1. The number of halogens is 1. The monoisotopic (exact) mass is 651 g/mol. The Hall–Kier alpha value is -3.83. The van der Waals surface area contributed by atoms with Gasteiger partial charge < -0.3 is 19.5 Å². The maximum atomic E-state index is 15.2. The van der Waals surface area contributed by atoms with Gasteiger partial charge in [-0.2, -0.15) is 0 Å². The van der Waals surface area contributed by atoms with E-state index < -0.39 is 5.82 Å². The summed E-state index contributed by atoms with van der Waals surface area (Å²) in [5.74, 6) is 0.0764. The van der Waals surface area contributed by atoms with Gasteiger partial charge in [0.1, 0.15) is 23.9 Å². The molecule has 0 atom stereocenters. The van der Waals surface area contributed by atoms with Crippen LogP contribution in [0, 0.1) is 18.2 Å². The third kappa shape index (κ3) is 6.85. The van der Waals surface area contributed by atoms with Crippen molar-refractivity contribution in [2.45, 2.75) is 106 Å². The number of aromatic hydroxyl groups is 1. The minimum Gasteiger partial charge on any atom is -0.505 e. The number of hydrogen-bond acceptors (Lipinski definition) is 3. The van der Waals surface area contributed by atoms with Crippen molar-refractivity contribution in [3.8, 4) is 28.3 Å². The lowest BCUT2D eigenvalue weighted by molar-refractivity contribution is 0.201. The molecule has 256 valence electrons. The molecule has 0 saturated heterocycles. The van der Waals surface area contributed by atoms with E-state index in [2.05, 4.69) is 123 Å². The first-order valence-electron chi connectivity index (χ1n) is 17.1. The van der Waals surface area contributed by atoms with E-state index in [4.69, 9.17) is 4.74 Å². The maximum absolute atomic E-state index is 15.2. The van der Waals surface area contributed by atoms with Gasteiger partial charge in [-0.05, 0) is 106 Å². The molecular weight excluding hydrogens is 597 g/mol. The molecule has 0 radical (unpaired) electrons. The minimum absolute atomic E-state index is 0.0338. The zero-order valence-corrected chi connectivity index (χ0v) is 31.0. The Balaban J connectivity index is 1.94. The summed E-state index contributed by atoms with van der Waals surface area (Å²) in [6.07, 6.45) is 0.886. The number of phenols is 1. The van der Waals surface area contributed by atoms with Crippen LogP contribution in [0.2, 0.25) is 0 Å². The largest absolute Gasteiger partial charge is 0.505 e. The molecule has 0 spiro atoms. The molecule has 0 aliphatic carbocycles. The summed E-state index contributed by atoms with van der Waals surface area (Å²) >= 11 is 0. The lowest BCUT2D eigenvalue weighted by atomic mass is 9.71. The van der Waals surface area contributed by atoms with Crippen LogP contribution in [0.1, 0.15) is 105 Å². The van der Waals surface area contributed by atoms with Crippen molar-refractivity contribution in [1.82, 2.24) is 4.57 Å². The second kappa shape index (κ2) is 12.2. The molecule has 48 heavy (non-hydrogen) atoms. The van der Waals surface area contributed by atoms with Gasteiger partial charge in [0.25, 0.3) is 0 Å². The van der Waals surface area contributed by atoms with Crippen molar-refractivity contribution in [2.24, 2.45) is 5.41 Å². The molecule has 0 fully saturated rings. The van der Waals surface area contributed by atoms with E-state index in [0.29, 0.717) is 28.1 Å². The Morgan fingerprint density at radius 2 is 1.23 bits per heavy atom. The number of aryl methyl sites for hydroxylation is 1. The van der Waals surface area contributed by atoms with E-state index in [-0.39, 0.29) is 40.6 Å². The van der Waals surface area contributed by atoms with Crippen molar-refractivity contribution in [1.29, 1.82) is 0 Å². The highest BCUT2D eigenvalue weighted by Crippen LogP contribution is 2.48. The fraction of sp³-hybridized carbons (Fsp3) is 0.442. The SMILES string of the molecule is Cc1cc(F)cc(-c2cc(C(C)(C)CC(C)(C)C)cc(-n3c4ccc(C(C)(C)C)cc4c4cc(C(C)(C)C)ccc43)c2O)c1OCCO. The van der Waals surface area contributed by atoms with Crippen LogP contribution in [0.25, 0.3) is 38.6 Å². The van der Waals surface area contributed by atoms with Crippen molar-refractivity contribution in [2.75, 3.05) is 13.2 Å². The summed E-state index contributed by atoms with van der Waals surface area (Å²) in [6.45, 7) is 26.2. The van der Waals surface area contributed by atoms with Crippen molar-refractivity contribution >= 4 is 21.8 Å². The van der Waals surface area contributed by atoms with Crippen LogP contribution in [0.3, 0.4) is 0 Å². The van der Waals surface area contributed by atoms with Gasteiger partial charge >= 0.3 is 0 Å². The van der Waals surface area contributed by atoms with Crippen LogP contribution in [0.4, 0.5) is 4.39 Å². The van der Waals surface area contributed by atoms with E-state index in [1.807, 2.05) is 6.07 Å². The van der Waals surface area contributed by atoms with Crippen LogP contribution in [-0.4, -0.2) is 28.0 Å². The molecule has 5 rings (SSSR count). The summed E-state index contributed by atoms with van der Waals surface area (Å²) in [7, 11) is 0. The Labute approximate surface area is 286 Å². The first-order chi connectivity index (χ1) is 22.1. The molecule has 0 bridgehead atoms. The van der Waals surface area contributed by atoms with Gasteiger partial charge in [0, 0.05) is 21.9 Å². The van der Waals surface area contributed by atoms with Crippen molar-refractivity contribution in [3.63, 3.8) is 0 Å². The van der Waals surface area contributed by atoms with Gasteiger partial charge in [0.2, 0.25) is 0 Å². The Morgan fingerprint density at radius 3 is 1.71 bits per heavy atom. The molecule has 2 N–H and O–H groups in total. The molecule has 0 amide bonds. The third-order valence-corrected chi connectivity index (χ3v) is 9.45. The lowest BCUT2D eigenvalue weighted by Gasteiger charge is -2.34. The number of nitrogens with zero attached hydrogens (tertiary/aromatic N) is 1. The highest BCUT2D eigenvalue weighted by Gasteiger charge is 2.31. The van der Waals surface area contributed by atoms with E-state index in [1.54, 1.807) is 6.92 Å². The second-order valence-electron chi connectivity index (χ2n) is 17.5. The minimum atomic E-state index is -0.416. The van der Waals surface area contributed by atoms with Crippen LogP contribution in [0.15, 0.2) is 60.7 Å². The van der Waals surface area contributed by atoms with Crippen molar-refractivity contribution in [3.05, 3.63) is 88.7 Å². The Bertz CT molecular complexity index is 1920. The molecule has 5 aromatic rings. The smallest absolute Gasteiger partial charge is 0.147 e. The van der Waals surface area contributed by atoms with Crippen LogP contribution < -0.4 is 4.74 Å². The van der Waals surface area contributed by atoms with E-state index in [1.165, 1.54) is 23.3 Å². The molecule has 1 heterocycles. The highest BCUT2D eigenvalue weighted by atomic mass is 19.1. The van der Waals surface area contributed by atoms with Gasteiger partial charge in [-0.1, -0.05) is 88.3 Å². The Morgan fingerprint density at radius 1 is 0.688 bits per heavy atom. The molecule has 4 aromatic carbocycles. The van der Waals surface area contributed by atoms with Crippen LogP contribution >= 0.6 is 0 Å². The van der Waals surface area contributed by atoms with E-state index in [9.17, 15) is 10.2 Å². The average Bonchev–Trinajstić information content (AvgIpc) is 3.27. The summed E-state index contributed by atoms with van der Waals surface area (Å²) < 4.78 is 23.4. The molecular formula is C43H54FNO3. The molecule has 0 aliphatic rings. The number of aliphatic hydroxyl groups excluding tert-OH is 1. The second-order valence-corrected chi connectivity index (χ2v) is 17.5. The quantitative estimate of drug-likeness (QED) is 0.184. The number of hydrogen-bond donors (Lipinski definition) is 2. The summed E-state index contributed by atoms with van der Waals surface area (Å²) in [4.78, 5) is 0. The number of phenolic OH excluding ortho intramolecular Hbond substituents is 1. The van der Waals surface area contributed by atoms with Gasteiger partial charge in [0.15, 0.2) is 0 Å². The standard InChI is InChI=1S/C43H54FNO3/c1-26-19-30(44)24-34(39(26)48-18-17-46)33-22-29(43(11,12)25-40(2,3)4)23-37(38(33)47)45-35-15-13-27(41(5,6)7)20-31(35)32-21-28(42(8,9)10)14-16-36(32)45/h13-16,19-24,46-47H,17-18,25H2,1-12H3. The third-order valence-electron chi connectivity index (χ3n) is 9.45. The predicted octanol–water partition coefficient (Wildman–Crippen LogP) is 11.3. The average molecular weight is 652 g/mol. The van der Waals surface area contributed by atoms with Crippen LogP contribution in [-0.2, 0) is 16.2 Å². The first kappa shape index (κ1) is 35.5. The number of fused-ring (bicyclic) bond motifs is 3. The molecule has 1 aromatic heterocycles. The maximum Gasteiger partial charge on any atom is 0.147 e. The predicted molar refractivity (Wildman–Crippen MR) is 200 cm³/mol. The molecule has 0 saturated carbocycles. The lowest BCUT2D eigenvalue weighted by Crippen LogP contribution is -2.25. The summed E-state index contributed by atoms with van der Waals surface area (Å²) in [5.41, 5.74) is 7.32. The van der Waals surface area contributed by atoms with Gasteiger partial charge in [0.05, 0.1) is 23.3 Å². The van der Waals surface area contributed by atoms with Crippen molar-refractivity contribution < 1.29 is 19.3 Å². The van der Waals surface area contributed by atoms with E-state index in [0.717, 1.165) is 33.8 Å². The number of ether oxygens (including phenoxy) is 1. The first-order valence-corrected chi connectivity index (χ1v) is 17.1. The zero-order chi connectivity index (χ0) is 35.6. The highest BCUT2D eigenvalue weighted by molar-refractivity contribution is 6.10. The van der Waals surface area contributed by atoms with Crippen LogP contribution in [0.5, 0.6) is 11.5 Å². The molecule has 4 nitrogen and oxygen atoms in total. The summed E-state index contributed by atoms with van der Waals surface area (Å²) in [6, 6.07) is 20.2. The fourth-order valence-electron chi connectivity index (χ4n) is 7.30. The zero-order valence-electron chi connectivity index (χ0n) is 31.0. The molecule has 0 unspecified atom stereocenters. The summed E-state index contributed by atoms with van der Waals surface area (Å²) in [5, 5.41) is 24.3. The number of benzene rings is 4. The number of rotatable bonds is 7. The molecule has 0 aliphatic heterocycles. The normalized spacial score (nSPS) is 13.1. The van der Waals surface area contributed by atoms with Gasteiger partial charge in [-0.25, -0.2) is 4.39 Å².